The second-order valence-electron chi connectivity index (χ2n) is 7.38. The molecule has 0 atom stereocenters. The molecule has 114 valence electrons. The minimum Gasteiger partial charge on any atom is -0.371 e. The van der Waals surface area contributed by atoms with E-state index in [-0.39, 0.29) is 5.60 Å². The Morgan fingerprint density at radius 2 is 1.90 bits per heavy atom. The van der Waals surface area contributed by atoms with E-state index in [0.717, 1.165) is 25.0 Å². The van der Waals surface area contributed by atoms with Gasteiger partial charge in [0.1, 0.15) is 8.07 Å². The molecule has 1 saturated carbocycles. The maximum absolute atomic E-state index is 6.04. The van der Waals surface area contributed by atoms with Crippen LogP contribution in [0.25, 0.3) is 0 Å². The van der Waals surface area contributed by atoms with Crippen molar-refractivity contribution < 1.29 is 4.74 Å². The Morgan fingerprint density at radius 1 is 1.24 bits per heavy atom. The van der Waals surface area contributed by atoms with Crippen LogP contribution in [0.15, 0.2) is 18.2 Å². The van der Waals surface area contributed by atoms with Crippen LogP contribution in [0.3, 0.4) is 0 Å². The molecule has 0 radical (unpaired) electrons. The highest BCUT2D eigenvalue weighted by Gasteiger charge is 2.46. The van der Waals surface area contributed by atoms with E-state index < -0.39 is 8.07 Å². The van der Waals surface area contributed by atoms with Crippen LogP contribution in [0.1, 0.15) is 56.2 Å². The summed E-state index contributed by atoms with van der Waals surface area (Å²) in [6, 6.07) is 6.71. The molecule has 1 aliphatic carbocycles. The first-order valence-corrected chi connectivity index (χ1v) is 11.6. The van der Waals surface area contributed by atoms with Crippen LogP contribution in [0.5, 0.6) is 0 Å². The van der Waals surface area contributed by atoms with Crippen molar-refractivity contribution in [3.05, 3.63) is 34.9 Å². The Labute approximate surface area is 131 Å². The van der Waals surface area contributed by atoms with E-state index in [9.17, 15) is 0 Å². The zero-order valence-corrected chi connectivity index (χ0v) is 15.3. The molecule has 0 spiro atoms. The third-order valence-electron chi connectivity index (χ3n) is 3.87. The molecule has 0 unspecified atom stereocenters. The fourth-order valence-corrected chi connectivity index (χ4v) is 3.19. The van der Waals surface area contributed by atoms with E-state index in [1.807, 2.05) is 0 Å². The predicted octanol–water partition coefficient (Wildman–Crippen LogP) is 5.06. The molecule has 1 aromatic rings. The topological polar surface area (TPSA) is 9.23 Å². The van der Waals surface area contributed by atoms with Gasteiger partial charge in [0.2, 0.25) is 0 Å². The third-order valence-corrected chi connectivity index (χ3v) is 4.75. The first kappa shape index (κ1) is 16.3. The van der Waals surface area contributed by atoms with Crippen LogP contribution in [-0.2, 0) is 10.3 Å². The van der Waals surface area contributed by atoms with Gasteiger partial charge in [0.05, 0.1) is 5.60 Å². The fourth-order valence-electron chi connectivity index (χ4n) is 2.67. The Bertz CT molecular complexity index is 565. The number of benzene rings is 1. The van der Waals surface area contributed by atoms with E-state index in [1.54, 1.807) is 0 Å². The smallest absolute Gasteiger partial charge is 0.129 e. The van der Waals surface area contributed by atoms with Crippen molar-refractivity contribution in [2.45, 2.75) is 64.8 Å². The van der Waals surface area contributed by atoms with Crippen molar-refractivity contribution in [2.75, 3.05) is 6.61 Å². The molecular formula is C19H28OSi. The van der Waals surface area contributed by atoms with Crippen molar-refractivity contribution in [3.8, 4) is 11.5 Å². The van der Waals surface area contributed by atoms with Crippen molar-refractivity contribution in [1.29, 1.82) is 0 Å². The van der Waals surface area contributed by atoms with E-state index in [2.05, 4.69) is 70.1 Å². The van der Waals surface area contributed by atoms with Crippen LogP contribution >= 0.6 is 0 Å². The lowest BCUT2D eigenvalue weighted by molar-refractivity contribution is 0.0388. The molecule has 1 fully saturated rings. The Balaban J connectivity index is 2.38. The first-order valence-electron chi connectivity index (χ1n) is 8.09. The van der Waals surface area contributed by atoms with Crippen molar-refractivity contribution >= 4 is 8.07 Å². The average molecular weight is 301 g/mol. The molecule has 0 aromatic heterocycles. The first-order chi connectivity index (χ1) is 9.77. The van der Waals surface area contributed by atoms with Gasteiger partial charge in [-0.25, -0.2) is 0 Å². The summed E-state index contributed by atoms with van der Waals surface area (Å²) in [5.41, 5.74) is 7.40. The minimum atomic E-state index is -1.32. The van der Waals surface area contributed by atoms with E-state index in [1.165, 1.54) is 11.1 Å². The standard InChI is InChI=1S/C19H28OSi/c1-7-20-19(11-12-19)18-9-8-16(10-13-21(4,5)6)14-17(18)15(2)3/h8-9,14-15H,7,11-12H2,1-6H3. The summed E-state index contributed by atoms with van der Waals surface area (Å²) in [5.74, 6) is 3.89. The lowest BCUT2D eigenvalue weighted by Gasteiger charge is -2.22. The number of hydrogen-bond donors (Lipinski definition) is 0. The summed E-state index contributed by atoms with van der Waals surface area (Å²) in [6.45, 7) is 14.2. The quantitative estimate of drug-likeness (QED) is 0.557. The van der Waals surface area contributed by atoms with Crippen molar-refractivity contribution in [3.63, 3.8) is 0 Å². The van der Waals surface area contributed by atoms with Gasteiger partial charge in [-0.15, -0.1) is 5.54 Å². The molecule has 21 heavy (non-hydrogen) atoms. The summed E-state index contributed by atoms with van der Waals surface area (Å²) in [6.07, 6.45) is 2.31. The largest absolute Gasteiger partial charge is 0.371 e. The predicted molar refractivity (Wildman–Crippen MR) is 93.3 cm³/mol. The minimum absolute atomic E-state index is 0.000904. The second kappa shape index (κ2) is 5.99. The Kier molecular flexibility index (Phi) is 4.65. The van der Waals surface area contributed by atoms with Crippen molar-refractivity contribution in [2.24, 2.45) is 0 Å². The summed E-state index contributed by atoms with van der Waals surface area (Å²) in [5, 5.41) is 0. The molecule has 0 N–H and O–H groups in total. The van der Waals surface area contributed by atoms with Gasteiger partial charge >= 0.3 is 0 Å². The van der Waals surface area contributed by atoms with Gasteiger partial charge in [-0.3, -0.25) is 0 Å². The molecule has 1 aliphatic rings. The molecule has 1 nitrogen and oxygen atoms in total. The van der Waals surface area contributed by atoms with Gasteiger partial charge in [-0.1, -0.05) is 45.5 Å². The highest BCUT2D eigenvalue weighted by atomic mass is 28.3. The summed E-state index contributed by atoms with van der Waals surface area (Å²) < 4.78 is 6.04. The van der Waals surface area contributed by atoms with Crippen molar-refractivity contribution in [1.82, 2.24) is 0 Å². The SMILES string of the molecule is CCOC1(c2ccc(C#C[Si](C)(C)C)cc2C(C)C)CC1. The fraction of sp³-hybridized carbons (Fsp3) is 0.579. The van der Waals surface area contributed by atoms with E-state index in [0.29, 0.717) is 5.92 Å². The monoisotopic (exact) mass is 300 g/mol. The maximum Gasteiger partial charge on any atom is 0.129 e. The molecule has 2 heteroatoms. The molecule has 2 rings (SSSR count). The Morgan fingerprint density at radius 3 is 2.38 bits per heavy atom. The number of hydrogen-bond acceptors (Lipinski definition) is 1. The highest BCUT2D eigenvalue weighted by Crippen LogP contribution is 2.51. The zero-order chi connectivity index (χ0) is 15.7. The zero-order valence-electron chi connectivity index (χ0n) is 14.3. The van der Waals surface area contributed by atoms with Crippen LogP contribution in [-0.4, -0.2) is 14.7 Å². The van der Waals surface area contributed by atoms with Gasteiger partial charge in [0.25, 0.3) is 0 Å². The van der Waals surface area contributed by atoms with Gasteiger partial charge in [-0.05, 0) is 48.9 Å². The lowest BCUT2D eigenvalue weighted by Crippen LogP contribution is -2.16. The van der Waals surface area contributed by atoms with E-state index >= 15 is 0 Å². The molecule has 1 aromatic carbocycles. The normalized spacial score (nSPS) is 16.5. The summed E-state index contributed by atoms with van der Waals surface area (Å²) in [7, 11) is -1.32. The molecular weight excluding hydrogens is 272 g/mol. The number of ether oxygens (including phenoxy) is 1. The Hall–Kier alpha value is -1.04. The highest BCUT2D eigenvalue weighted by molar-refractivity contribution is 6.83. The average Bonchev–Trinajstić information content (AvgIpc) is 3.16. The summed E-state index contributed by atoms with van der Waals surface area (Å²) >= 11 is 0. The molecule has 0 saturated heterocycles. The second-order valence-corrected chi connectivity index (χ2v) is 12.1. The molecule has 0 heterocycles. The van der Waals surface area contributed by atoms with Crippen LogP contribution in [0, 0.1) is 11.5 Å². The number of rotatable bonds is 4. The molecule has 0 aliphatic heterocycles. The summed E-state index contributed by atoms with van der Waals surface area (Å²) in [4.78, 5) is 0. The molecule has 0 bridgehead atoms. The van der Waals surface area contributed by atoms with Gasteiger partial charge in [0.15, 0.2) is 0 Å². The molecule has 0 amide bonds. The van der Waals surface area contributed by atoms with Crippen LogP contribution in [0.4, 0.5) is 0 Å². The van der Waals surface area contributed by atoms with Crippen LogP contribution in [0.2, 0.25) is 19.6 Å². The third kappa shape index (κ3) is 3.99. The van der Waals surface area contributed by atoms with Gasteiger partial charge in [0, 0.05) is 12.2 Å². The maximum atomic E-state index is 6.04. The van der Waals surface area contributed by atoms with Crippen LogP contribution < -0.4 is 0 Å². The lowest BCUT2D eigenvalue weighted by atomic mass is 9.91. The van der Waals surface area contributed by atoms with Gasteiger partial charge in [-0.2, -0.15) is 0 Å². The van der Waals surface area contributed by atoms with Gasteiger partial charge < -0.3 is 4.74 Å². The van der Waals surface area contributed by atoms with E-state index in [4.69, 9.17) is 4.74 Å².